The number of piperidine rings is 1. The van der Waals surface area contributed by atoms with E-state index in [1.807, 2.05) is 12.1 Å². The summed E-state index contributed by atoms with van der Waals surface area (Å²) in [7, 11) is 1.08. The first-order valence-corrected chi connectivity index (χ1v) is 15.7. The molecule has 0 aliphatic carbocycles. The van der Waals surface area contributed by atoms with E-state index in [0.29, 0.717) is 53.8 Å². The lowest BCUT2D eigenvalue weighted by molar-refractivity contribution is -0.123. The average molecular weight is 591 g/mol. The van der Waals surface area contributed by atoms with Crippen LogP contribution in [0.3, 0.4) is 0 Å². The lowest BCUT2D eigenvalue weighted by Crippen LogP contribution is -2.46. The number of methoxy groups -OCH3 is 3. The second-order valence-corrected chi connectivity index (χ2v) is 12.4. The van der Waals surface area contributed by atoms with Crippen molar-refractivity contribution in [1.82, 2.24) is 14.2 Å². The second-order valence-electron chi connectivity index (χ2n) is 9.51. The minimum Gasteiger partial charge on any atom is -0.497 e. The van der Waals surface area contributed by atoms with Gasteiger partial charge in [0.2, 0.25) is 15.9 Å². The van der Waals surface area contributed by atoms with Gasteiger partial charge in [-0.25, -0.2) is 13.4 Å². The summed E-state index contributed by atoms with van der Waals surface area (Å²) < 4.78 is 45.0. The number of aromatic nitrogens is 1. The van der Waals surface area contributed by atoms with Crippen molar-refractivity contribution in [2.45, 2.75) is 31.6 Å². The number of likely N-dealkylation sites (N-methyl/N-ethyl adjacent to an activating group) is 1. The molecule has 4 rings (SSSR count). The molecule has 1 saturated heterocycles. The third-order valence-electron chi connectivity index (χ3n) is 7.43. The maximum absolute atomic E-state index is 14.0. The Hall–Kier alpha value is -2.93. The first-order chi connectivity index (χ1) is 19.3. The Balaban J connectivity index is 1.56. The fraction of sp³-hybridized carbons (Fsp3) is 0.500. The summed E-state index contributed by atoms with van der Waals surface area (Å²) in [4.78, 5) is 23.1. The van der Waals surface area contributed by atoms with Crippen LogP contribution < -0.4 is 19.1 Å². The summed E-state index contributed by atoms with van der Waals surface area (Å²) in [6, 6.07) is 10.0. The molecule has 2 heterocycles. The number of thiazole rings is 1. The molecule has 0 N–H and O–H groups in total. The van der Waals surface area contributed by atoms with Crippen LogP contribution in [-0.2, 0) is 14.8 Å². The molecule has 1 aliphatic rings. The maximum atomic E-state index is 14.0. The molecule has 218 valence electrons. The minimum absolute atomic E-state index is 0.0364. The van der Waals surface area contributed by atoms with Gasteiger partial charge in [0, 0.05) is 32.1 Å². The van der Waals surface area contributed by atoms with Crippen molar-refractivity contribution in [2.75, 3.05) is 65.5 Å². The molecule has 0 saturated carbocycles. The molecule has 0 bridgehead atoms. The highest BCUT2D eigenvalue weighted by Crippen LogP contribution is 2.40. The van der Waals surface area contributed by atoms with Crippen LogP contribution >= 0.6 is 11.3 Å². The second kappa shape index (κ2) is 13.2. The molecule has 0 unspecified atom stereocenters. The van der Waals surface area contributed by atoms with Crippen LogP contribution in [0.15, 0.2) is 41.3 Å². The summed E-state index contributed by atoms with van der Waals surface area (Å²) in [5.74, 6) is 1.54. The lowest BCUT2D eigenvalue weighted by atomic mass is 9.96. The molecule has 1 fully saturated rings. The monoisotopic (exact) mass is 590 g/mol. The van der Waals surface area contributed by atoms with Crippen LogP contribution in [0, 0.1) is 5.92 Å². The zero-order valence-corrected chi connectivity index (χ0v) is 25.4. The predicted molar refractivity (Wildman–Crippen MR) is 157 cm³/mol. The van der Waals surface area contributed by atoms with E-state index >= 15 is 0 Å². The number of amides is 1. The van der Waals surface area contributed by atoms with Gasteiger partial charge in [0.25, 0.3) is 0 Å². The standard InChI is InChI=1S/C28H38N4O6S2/c1-6-30(7-2)18-19-32(28-29-25-23(37-4)12-13-24(38-5)26(25)39-28)27(33)20-14-16-31(17-15-20)40(34,35)22-10-8-21(36-3)9-11-22/h8-13,20H,6-7,14-19H2,1-5H3. The number of fused-ring (bicyclic) bond motifs is 1. The molecule has 1 amide bonds. The molecule has 0 spiro atoms. The van der Waals surface area contributed by atoms with Crippen molar-refractivity contribution in [2.24, 2.45) is 5.92 Å². The van der Waals surface area contributed by atoms with Crippen molar-refractivity contribution in [3.05, 3.63) is 36.4 Å². The van der Waals surface area contributed by atoms with E-state index in [9.17, 15) is 13.2 Å². The molecular weight excluding hydrogens is 552 g/mol. The highest BCUT2D eigenvalue weighted by molar-refractivity contribution is 7.89. The van der Waals surface area contributed by atoms with Gasteiger partial charge in [-0.05, 0) is 62.3 Å². The largest absolute Gasteiger partial charge is 0.497 e. The van der Waals surface area contributed by atoms with Crippen LogP contribution in [-0.4, -0.2) is 89.1 Å². The summed E-state index contributed by atoms with van der Waals surface area (Å²) in [5, 5.41) is 0.586. The molecule has 0 radical (unpaired) electrons. The molecule has 10 nitrogen and oxygen atoms in total. The number of rotatable bonds is 12. The smallest absolute Gasteiger partial charge is 0.243 e. The van der Waals surface area contributed by atoms with Crippen molar-refractivity contribution < 1.29 is 27.4 Å². The van der Waals surface area contributed by atoms with Crippen molar-refractivity contribution in [3.8, 4) is 17.2 Å². The van der Waals surface area contributed by atoms with Crippen molar-refractivity contribution in [1.29, 1.82) is 0 Å². The third-order valence-corrected chi connectivity index (χ3v) is 10.4. The van der Waals surface area contributed by atoms with Gasteiger partial charge in [0.15, 0.2) is 5.13 Å². The molecule has 1 aliphatic heterocycles. The van der Waals surface area contributed by atoms with E-state index in [1.54, 1.807) is 43.4 Å². The zero-order valence-electron chi connectivity index (χ0n) is 23.8. The predicted octanol–water partition coefficient (Wildman–Crippen LogP) is 4.10. The Morgan fingerprint density at radius 1 is 0.950 bits per heavy atom. The highest BCUT2D eigenvalue weighted by Gasteiger charge is 2.35. The van der Waals surface area contributed by atoms with E-state index in [0.717, 1.165) is 17.8 Å². The van der Waals surface area contributed by atoms with Gasteiger partial charge < -0.3 is 19.1 Å². The maximum Gasteiger partial charge on any atom is 0.243 e. The SMILES string of the molecule is CCN(CC)CCN(C(=O)C1CCN(S(=O)(=O)c2ccc(OC)cc2)CC1)c1nc2c(OC)ccc(OC)c2s1. The Morgan fingerprint density at radius 2 is 1.57 bits per heavy atom. The molecule has 12 heteroatoms. The van der Waals surface area contributed by atoms with Gasteiger partial charge in [0.1, 0.15) is 27.5 Å². The fourth-order valence-corrected chi connectivity index (χ4v) is 7.51. The average Bonchev–Trinajstić information content (AvgIpc) is 3.44. The van der Waals surface area contributed by atoms with E-state index in [1.165, 1.54) is 22.8 Å². The van der Waals surface area contributed by atoms with Gasteiger partial charge >= 0.3 is 0 Å². The number of carbonyl (C=O) groups is 1. The number of benzene rings is 2. The van der Waals surface area contributed by atoms with E-state index in [-0.39, 0.29) is 29.8 Å². The molecular formula is C28H38N4O6S2. The molecule has 3 aromatic rings. The van der Waals surface area contributed by atoms with Crippen LogP contribution in [0.2, 0.25) is 0 Å². The number of hydrogen-bond acceptors (Lipinski definition) is 9. The van der Waals surface area contributed by atoms with Crippen molar-refractivity contribution in [3.63, 3.8) is 0 Å². The topological polar surface area (TPSA) is 102 Å². The molecule has 2 aromatic carbocycles. The minimum atomic E-state index is -3.66. The van der Waals surface area contributed by atoms with Gasteiger partial charge in [-0.2, -0.15) is 4.31 Å². The van der Waals surface area contributed by atoms with Crippen LogP contribution in [0.25, 0.3) is 10.2 Å². The van der Waals surface area contributed by atoms with E-state index in [4.69, 9.17) is 19.2 Å². The first-order valence-electron chi connectivity index (χ1n) is 13.5. The number of anilines is 1. The van der Waals surface area contributed by atoms with Gasteiger partial charge in [-0.1, -0.05) is 25.2 Å². The fourth-order valence-electron chi connectivity index (χ4n) is 4.93. The molecule has 40 heavy (non-hydrogen) atoms. The highest BCUT2D eigenvalue weighted by atomic mass is 32.2. The lowest BCUT2D eigenvalue weighted by Gasteiger charge is -2.33. The Kier molecular flexibility index (Phi) is 9.88. The number of ether oxygens (including phenoxy) is 3. The van der Waals surface area contributed by atoms with E-state index < -0.39 is 10.0 Å². The number of nitrogens with zero attached hydrogens (tertiary/aromatic N) is 4. The first kappa shape index (κ1) is 30.0. The quantitative estimate of drug-likeness (QED) is 0.311. The van der Waals surface area contributed by atoms with Gasteiger partial charge in [0.05, 0.1) is 26.2 Å². The molecule has 0 atom stereocenters. The van der Waals surface area contributed by atoms with Crippen molar-refractivity contribution >= 4 is 42.6 Å². The molecule has 1 aromatic heterocycles. The van der Waals surface area contributed by atoms with E-state index in [2.05, 4.69) is 18.7 Å². The Bertz CT molecular complexity index is 1360. The summed E-state index contributed by atoms with van der Waals surface area (Å²) in [6.45, 7) is 7.68. The van der Waals surface area contributed by atoms with Gasteiger partial charge in [-0.3, -0.25) is 9.69 Å². The van der Waals surface area contributed by atoms with Crippen LogP contribution in [0.1, 0.15) is 26.7 Å². The van der Waals surface area contributed by atoms with Gasteiger partial charge in [-0.15, -0.1) is 0 Å². The number of sulfonamides is 1. The summed E-state index contributed by atoms with van der Waals surface area (Å²) in [5.41, 5.74) is 0.655. The summed E-state index contributed by atoms with van der Waals surface area (Å²) >= 11 is 1.40. The summed E-state index contributed by atoms with van der Waals surface area (Å²) in [6.07, 6.45) is 0.876. The Morgan fingerprint density at radius 3 is 2.15 bits per heavy atom. The Labute approximate surface area is 240 Å². The van der Waals surface area contributed by atoms with Crippen LogP contribution in [0.5, 0.6) is 17.2 Å². The number of carbonyl (C=O) groups excluding carboxylic acids is 1. The van der Waals surface area contributed by atoms with Crippen LogP contribution in [0.4, 0.5) is 5.13 Å². The third kappa shape index (κ3) is 6.19. The normalized spacial score (nSPS) is 14.9. The zero-order chi connectivity index (χ0) is 28.9. The number of hydrogen-bond donors (Lipinski definition) is 0.